The molecule has 1 heterocycles. The summed E-state index contributed by atoms with van der Waals surface area (Å²) in [6, 6.07) is 12.5. The number of nitrogens with zero attached hydrogens (tertiary/aromatic N) is 2. The van der Waals surface area contributed by atoms with Gasteiger partial charge in [0.15, 0.2) is 16.6 Å². The van der Waals surface area contributed by atoms with E-state index in [0.29, 0.717) is 0 Å². The summed E-state index contributed by atoms with van der Waals surface area (Å²) >= 11 is 5.60. The molecular formula is C22H29N3O2S. The topological polar surface area (TPSA) is 37.0 Å². The minimum Gasteiger partial charge on any atom is -0.493 e. The Morgan fingerprint density at radius 3 is 2.18 bits per heavy atom. The van der Waals surface area contributed by atoms with Gasteiger partial charge in [-0.05, 0) is 61.5 Å². The number of nitrogens with one attached hydrogen (secondary N) is 1. The first-order valence-corrected chi connectivity index (χ1v) is 9.97. The molecule has 0 spiro atoms. The molecule has 150 valence electrons. The van der Waals surface area contributed by atoms with Crippen LogP contribution >= 0.6 is 12.2 Å². The number of rotatable bonds is 5. The number of ether oxygens (including phenoxy) is 2. The lowest BCUT2D eigenvalue weighted by Gasteiger charge is -2.36. The van der Waals surface area contributed by atoms with E-state index in [9.17, 15) is 0 Å². The molecule has 3 rings (SSSR count). The predicted molar refractivity (Wildman–Crippen MR) is 119 cm³/mol. The fourth-order valence-corrected chi connectivity index (χ4v) is 3.68. The third-order valence-electron chi connectivity index (χ3n) is 5.20. The summed E-state index contributed by atoms with van der Waals surface area (Å²) in [4.78, 5) is 4.70. The number of benzene rings is 2. The van der Waals surface area contributed by atoms with Gasteiger partial charge in [0, 0.05) is 38.4 Å². The van der Waals surface area contributed by atoms with Crippen molar-refractivity contribution in [2.45, 2.75) is 20.4 Å². The smallest absolute Gasteiger partial charge is 0.173 e. The van der Waals surface area contributed by atoms with Gasteiger partial charge in [-0.15, -0.1) is 0 Å². The van der Waals surface area contributed by atoms with Crippen LogP contribution in [0.5, 0.6) is 11.5 Å². The van der Waals surface area contributed by atoms with Gasteiger partial charge in [-0.25, -0.2) is 0 Å². The highest BCUT2D eigenvalue weighted by Gasteiger charge is 2.20. The number of aryl methyl sites for hydroxylation is 2. The van der Waals surface area contributed by atoms with Crippen molar-refractivity contribution in [3.05, 3.63) is 53.1 Å². The first-order valence-electron chi connectivity index (χ1n) is 9.56. The van der Waals surface area contributed by atoms with Gasteiger partial charge in [-0.1, -0.05) is 17.7 Å². The zero-order valence-electron chi connectivity index (χ0n) is 17.1. The van der Waals surface area contributed by atoms with Crippen molar-refractivity contribution in [1.29, 1.82) is 0 Å². The van der Waals surface area contributed by atoms with E-state index in [2.05, 4.69) is 59.3 Å². The summed E-state index contributed by atoms with van der Waals surface area (Å²) in [5, 5.41) is 4.15. The molecule has 28 heavy (non-hydrogen) atoms. The van der Waals surface area contributed by atoms with Crippen molar-refractivity contribution >= 4 is 23.0 Å². The van der Waals surface area contributed by atoms with E-state index >= 15 is 0 Å². The maximum atomic E-state index is 5.60. The maximum absolute atomic E-state index is 5.60. The fourth-order valence-electron chi connectivity index (χ4n) is 3.38. The standard InChI is InChI=1S/C22H29N3O2S/c1-16-5-7-19(8-6-16)23-22(28)25-11-9-24(10-12-25)15-18-14-21(27-4)20(26-3)13-17(18)2/h5-8,13-14H,9-12,15H2,1-4H3,(H,23,28). The van der Waals surface area contributed by atoms with Crippen molar-refractivity contribution in [2.75, 3.05) is 45.7 Å². The maximum Gasteiger partial charge on any atom is 0.173 e. The van der Waals surface area contributed by atoms with Crippen LogP contribution in [0.2, 0.25) is 0 Å². The van der Waals surface area contributed by atoms with Crippen molar-refractivity contribution in [1.82, 2.24) is 9.80 Å². The van der Waals surface area contributed by atoms with Crippen LogP contribution in [-0.2, 0) is 6.54 Å². The van der Waals surface area contributed by atoms with Crippen molar-refractivity contribution in [3.63, 3.8) is 0 Å². The largest absolute Gasteiger partial charge is 0.493 e. The second-order valence-electron chi connectivity index (χ2n) is 7.19. The monoisotopic (exact) mass is 399 g/mol. The molecule has 1 fully saturated rings. The molecule has 1 aliphatic heterocycles. The molecule has 0 atom stereocenters. The van der Waals surface area contributed by atoms with Crippen molar-refractivity contribution < 1.29 is 9.47 Å². The molecule has 2 aromatic carbocycles. The number of methoxy groups -OCH3 is 2. The first kappa shape index (κ1) is 20.4. The Morgan fingerprint density at radius 2 is 1.57 bits per heavy atom. The van der Waals surface area contributed by atoms with Gasteiger partial charge in [-0.3, -0.25) is 4.90 Å². The number of hydrogen-bond donors (Lipinski definition) is 1. The molecular weight excluding hydrogens is 370 g/mol. The Kier molecular flexibility index (Phi) is 6.75. The molecule has 6 heteroatoms. The lowest BCUT2D eigenvalue weighted by Crippen LogP contribution is -2.49. The summed E-state index contributed by atoms with van der Waals surface area (Å²) in [5.41, 5.74) is 4.78. The van der Waals surface area contributed by atoms with E-state index in [0.717, 1.165) is 55.0 Å². The van der Waals surface area contributed by atoms with Gasteiger partial charge < -0.3 is 19.7 Å². The predicted octanol–water partition coefficient (Wildman–Crippen LogP) is 3.84. The fraction of sp³-hybridized carbons (Fsp3) is 0.409. The molecule has 0 saturated carbocycles. The summed E-state index contributed by atoms with van der Waals surface area (Å²) in [6.07, 6.45) is 0. The Labute approximate surface area is 173 Å². The summed E-state index contributed by atoms with van der Waals surface area (Å²) < 4.78 is 10.8. The molecule has 1 N–H and O–H groups in total. The van der Waals surface area contributed by atoms with E-state index in [-0.39, 0.29) is 0 Å². The number of piperazine rings is 1. The molecule has 5 nitrogen and oxygen atoms in total. The Bertz CT molecular complexity index is 815. The second-order valence-corrected chi connectivity index (χ2v) is 7.58. The van der Waals surface area contributed by atoms with Crippen LogP contribution in [0.4, 0.5) is 5.69 Å². The highest BCUT2D eigenvalue weighted by Crippen LogP contribution is 2.31. The summed E-state index contributed by atoms with van der Waals surface area (Å²) in [7, 11) is 3.35. The molecule has 0 unspecified atom stereocenters. The van der Waals surface area contributed by atoms with E-state index in [1.54, 1.807) is 14.2 Å². The van der Waals surface area contributed by atoms with Gasteiger partial charge in [0.1, 0.15) is 0 Å². The van der Waals surface area contributed by atoms with Crippen LogP contribution in [0.25, 0.3) is 0 Å². The van der Waals surface area contributed by atoms with E-state index in [1.807, 2.05) is 6.07 Å². The molecule has 0 bridgehead atoms. The van der Waals surface area contributed by atoms with Gasteiger partial charge in [0.05, 0.1) is 14.2 Å². The Balaban J connectivity index is 1.55. The van der Waals surface area contributed by atoms with Gasteiger partial charge in [0.25, 0.3) is 0 Å². The molecule has 0 radical (unpaired) electrons. The first-order chi connectivity index (χ1) is 13.5. The van der Waals surface area contributed by atoms with Gasteiger partial charge in [0.2, 0.25) is 0 Å². The third-order valence-corrected chi connectivity index (χ3v) is 5.56. The van der Waals surface area contributed by atoms with Crippen LogP contribution in [-0.4, -0.2) is 55.3 Å². The minimum atomic E-state index is 0.779. The van der Waals surface area contributed by atoms with Crippen LogP contribution in [0.1, 0.15) is 16.7 Å². The van der Waals surface area contributed by atoms with E-state index in [4.69, 9.17) is 21.7 Å². The number of anilines is 1. The average Bonchev–Trinajstić information content (AvgIpc) is 2.71. The molecule has 1 saturated heterocycles. The number of thiocarbonyl (C=S) groups is 1. The van der Waals surface area contributed by atoms with Gasteiger partial charge >= 0.3 is 0 Å². The third kappa shape index (κ3) is 4.94. The zero-order chi connectivity index (χ0) is 20.1. The molecule has 0 aromatic heterocycles. The minimum absolute atomic E-state index is 0.779. The highest BCUT2D eigenvalue weighted by molar-refractivity contribution is 7.80. The summed E-state index contributed by atoms with van der Waals surface area (Å²) in [5.74, 6) is 1.56. The van der Waals surface area contributed by atoms with E-state index in [1.165, 1.54) is 16.7 Å². The van der Waals surface area contributed by atoms with Gasteiger partial charge in [-0.2, -0.15) is 0 Å². The molecule has 1 aliphatic rings. The molecule has 0 aliphatic carbocycles. The SMILES string of the molecule is COc1cc(C)c(CN2CCN(C(=S)Nc3ccc(C)cc3)CC2)cc1OC. The van der Waals surface area contributed by atoms with Crippen LogP contribution < -0.4 is 14.8 Å². The Hall–Kier alpha value is -2.31. The number of hydrogen-bond acceptors (Lipinski definition) is 4. The van der Waals surface area contributed by atoms with Crippen LogP contribution in [0.15, 0.2) is 36.4 Å². The van der Waals surface area contributed by atoms with Crippen LogP contribution in [0.3, 0.4) is 0 Å². The molecule has 0 amide bonds. The zero-order valence-corrected chi connectivity index (χ0v) is 17.9. The molecule has 2 aromatic rings. The second kappa shape index (κ2) is 9.26. The Morgan fingerprint density at radius 1 is 0.964 bits per heavy atom. The highest BCUT2D eigenvalue weighted by atomic mass is 32.1. The lowest BCUT2D eigenvalue weighted by molar-refractivity contribution is 0.176. The van der Waals surface area contributed by atoms with E-state index < -0.39 is 0 Å². The van der Waals surface area contributed by atoms with Crippen molar-refractivity contribution in [2.24, 2.45) is 0 Å². The average molecular weight is 400 g/mol. The lowest BCUT2D eigenvalue weighted by atomic mass is 10.1. The van der Waals surface area contributed by atoms with Crippen molar-refractivity contribution in [3.8, 4) is 11.5 Å². The quantitative estimate of drug-likeness (QED) is 0.770. The summed E-state index contributed by atoms with van der Waals surface area (Å²) in [6.45, 7) is 8.90. The normalized spacial score (nSPS) is 14.6. The van der Waals surface area contributed by atoms with Crippen LogP contribution in [0, 0.1) is 13.8 Å².